The van der Waals surface area contributed by atoms with Crippen molar-refractivity contribution in [1.29, 1.82) is 0 Å². The van der Waals surface area contributed by atoms with Crippen LogP contribution in [0.1, 0.15) is 11.4 Å². The van der Waals surface area contributed by atoms with Gasteiger partial charge < -0.3 is 10.1 Å². The van der Waals surface area contributed by atoms with Gasteiger partial charge in [-0.05, 0) is 61.5 Å². The maximum atomic E-state index is 12.5. The fourth-order valence-electron chi connectivity index (χ4n) is 3.03. The van der Waals surface area contributed by atoms with Crippen molar-refractivity contribution in [3.05, 3.63) is 93.2 Å². The molecule has 34 heavy (non-hydrogen) atoms. The molecule has 4 rings (SSSR count). The van der Waals surface area contributed by atoms with Crippen LogP contribution in [0.5, 0.6) is 5.75 Å². The Bertz CT molecular complexity index is 1290. The number of hydrogen-bond donors (Lipinski definition) is 1. The van der Waals surface area contributed by atoms with Crippen LogP contribution >= 0.6 is 46.6 Å². The topological polar surface area (TPSA) is 69.0 Å². The summed E-state index contributed by atoms with van der Waals surface area (Å²) in [6.45, 7) is 2.22. The maximum absolute atomic E-state index is 12.5. The molecule has 10 heteroatoms. The molecule has 0 saturated heterocycles. The van der Waals surface area contributed by atoms with Gasteiger partial charge in [-0.2, -0.15) is 0 Å². The highest BCUT2D eigenvalue weighted by molar-refractivity contribution is 7.99. The van der Waals surface area contributed by atoms with Gasteiger partial charge in [0.25, 0.3) is 0 Å². The number of thioether (sulfide) groups is 1. The van der Waals surface area contributed by atoms with Crippen LogP contribution in [0.25, 0.3) is 5.69 Å². The van der Waals surface area contributed by atoms with Gasteiger partial charge in [0.15, 0.2) is 11.0 Å². The van der Waals surface area contributed by atoms with Gasteiger partial charge in [-0.25, -0.2) is 0 Å². The Morgan fingerprint density at radius 1 is 0.971 bits per heavy atom. The minimum absolute atomic E-state index is 0.101. The molecule has 0 spiro atoms. The first kappa shape index (κ1) is 24.4. The quantitative estimate of drug-likeness (QED) is 0.251. The van der Waals surface area contributed by atoms with E-state index < -0.39 is 0 Å². The largest absolute Gasteiger partial charge is 0.486 e. The molecule has 0 unspecified atom stereocenters. The van der Waals surface area contributed by atoms with Gasteiger partial charge in [0.1, 0.15) is 12.4 Å². The van der Waals surface area contributed by atoms with Crippen LogP contribution in [-0.2, 0) is 11.4 Å². The lowest BCUT2D eigenvalue weighted by Gasteiger charge is -2.12. The Labute approximate surface area is 216 Å². The third-order valence-electron chi connectivity index (χ3n) is 4.71. The van der Waals surface area contributed by atoms with Crippen molar-refractivity contribution in [3.8, 4) is 11.4 Å². The summed E-state index contributed by atoms with van der Waals surface area (Å²) in [6.07, 6.45) is 0. The molecule has 3 aromatic carbocycles. The molecular formula is C24H19Cl3N4O2S. The first-order valence-corrected chi connectivity index (χ1v) is 12.3. The van der Waals surface area contributed by atoms with E-state index in [1.54, 1.807) is 30.3 Å². The Kier molecular flexibility index (Phi) is 8.00. The molecular weight excluding hydrogens is 515 g/mol. The van der Waals surface area contributed by atoms with Gasteiger partial charge in [-0.15, -0.1) is 10.2 Å². The molecule has 0 radical (unpaired) electrons. The number of amides is 1. The second-order valence-electron chi connectivity index (χ2n) is 7.27. The summed E-state index contributed by atoms with van der Waals surface area (Å²) in [4.78, 5) is 12.5. The van der Waals surface area contributed by atoms with Gasteiger partial charge >= 0.3 is 0 Å². The summed E-state index contributed by atoms with van der Waals surface area (Å²) in [5, 5.41) is 13.4. The van der Waals surface area contributed by atoms with E-state index in [4.69, 9.17) is 39.5 Å². The summed E-state index contributed by atoms with van der Waals surface area (Å²) >= 11 is 19.4. The lowest BCUT2D eigenvalue weighted by atomic mass is 10.2. The maximum Gasteiger partial charge on any atom is 0.234 e. The summed E-state index contributed by atoms with van der Waals surface area (Å²) in [6, 6.07) is 19.9. The highest BCUT2D eigenvalue weighted by Gasteiger charge is 2.17. The number of rotatable bonds is 8. The lowest BCUT2D eigenvalue weighted by Crippen LogP contribution is -2.15. The standard InChI is InChI=1S/C24H19Cl3N4O2S/c1-15-2-9-19(10-3-15)33-13-22-29-30-24(31(22)18-7-4-16(25)5-8-18)34-14-23(32)28-21-11-6-17(26)12-20(21)27/h2-12H,13-14H2,1H3,(H,28,32). The number of aryl methyl sites for hydroxylation is 1. The summed E-state index contributed by atoms with van der Waals surface area (Å²) < 4.78 is 7.76. The zero-order chi connectivity index (χ0) is 24.1. The monoisotopic (exact) mass is 532 g/mol. The molecule has 1 heterocycles. The second-order valence-corrected chi connectivity index (χ2v) is 9.50. The predicted molar refractivity (Wildman–Crippen MR) is 138 cm³/mol. The zero-order valence-corrected chi connectivity index (χ0v) is 21.0. The molecule has 1 N–H and O–H groups in total. The molecule has 0 fully saturated rings. The Morgan fingerprint density at radius 2 is 1.68 bits per heavy atom. The minimum Gasteiger partial charge on any atom is -0.486 e. The van der Waals surface area contributed by atoms with E-state index in [1.807, 2.05) is 47.9 Å². The van der Waals surface area contributed by atoms with E-state index >= 15 is 0 Å². The lowest BCUT2D eigenvalue weighted by molar-refractivity contribution is -0.113. The van der Waals surface area contributed by atoms with Gasteiger partial charge in [0.2, 0.25) is 5.91 Å². The normalized spacial score (nSPS) is 10.8. The van der Waals surface area contributed by atoms with E-state index in [-0.39, 0.29) is 18.3 Å². The van der Waals surface area contributed by atoms with Crippen molar-refractivity contribution < 1.29 is 9.53 Å². The number of aromatic nitrogens is 3. The van der Waals surface area contributed by atoms with Crippen LogP contribution in [0.15, 0.2) is 71.9 Å². The van der Waals surface area contributed by atoms with Crippen molar-refractivity contribution in [3.63, 3.8) is 0 Å². The molecule has 0 atom stereocenters. The number of benzene rings is 3. The van der Waals surface area contributed by atoms with Crippen LogP contribution < -0.4 is 10.1 Å². The SMILES string of the molecule is Cc1ccc(OCc2nnc(SCC(=O)Nc3ccc(Cl)cc3Cl)n2-c2ccc(Cl)cc2)cc1. The minimum atomic E-state index is -0.239. The number of hydrogen-bond acceptors (Lipinski definition) is 5. The highest BCUT2D eigenvalue weighted by Crippen LogP contribution is 2.27. The first-order valence-electron chi connectivity index (χ1n) is 10.2. The van der Waals surface area contributed by atoms with Crippen LogP contribution in [0.3, 0.4) is 0 Å². The first-order chi connectivity index (χ1) is 16.4. The number of ether oxygens (including phenoxy) is 1. The summed E-state index contributed by atoms with van der Waals surface area (Å²) in [7, 11) is 0. The Balaban J connectivity index is 1.51. The third-order valence-corrected chi connectivity index (χ3v) is 6.44. The van der Waals surface area contributed by atoms with Crippen molar-refractivity contribution >= 4 is 58.2 Å². The molecule has 0 bridgehead atoms. The number of nitrogens with zero attached hydrogens (tertiary/aromatic N) is 3. The average Bonchev–Trinajstić information content (AvgIpc) is 3.22. The zero-order valence-electron chi connectivity index (χ0n) is 18.0. The third kappa shape index (κ3) is 6.24. The molecule has 4 aromatic rings. The Hall–Kier alpha value is -2.71. The van der Waals surface area contributed by atoms with Crippen LogP contribution in [0.2, 0.25) is 15.1 Å². The summed E-state index contributed by atoms with van der Waals surface area (Å²) in [5.74, 6) is 1.18. The van der Waals surface area contributed by atoms with E-state index in [1.165, 1.54) is 11.8 Å². The number of anilines is 1. The number of carbonyl (C=O) groups excluding carboxylic acids is 1. The second kappa shape index (κ2) is 11.1. The number of carbonyl (C=O) groups is 1. The fourth-order valence-corrected chi connectivity index (χ4v) is 4.38. The van der Waals surface area contributed by atoms with Crippen molar-refractivity contribution in [2.24, 2.45) is 0 Å². The molecule has 1 amide bonds. The van der Waals surface area contributed by atoms with E-state index in [9.17, 15) is 4.79 Å². The average molecular weight is 534 g/mol. The predicted octanol–water partition coefficient (Wildman–Crippen LogP) is 6.85. The molecule has 0 saturated carbocycles. The van der Waals surface area contributed by atoms with Crippen LogP contribution in [0.4, 0.5) is 5.69 Å². The van der Waals surface area contributed by atoms with E-state index in [0.717, 1.165) is 17.0 Å². The molecule has 174 valence electrons. The molecule has 0 aliphatic rings. The molecule has 6 nitrogen and oxygen atoms in total. The molecule has 0 aliphatic carbocycles. The van der Waals surface area contributed by atoms with E-state index in [0.29, 0.717) is 31.7 Å². The van der Waals surface area contributed by atoms with Crippen molar-refractivity contribution in [1.82, 2.24) is 14.8 Å². The van der Waals surface area contributed by atoms with Gasteiger partial charge in [0.05, 0.1) is 16.5 Å². The Morgan fingerprint density at radius 3 is 2.38 bits per heavy atom. The van der Waals surface area contributed by atoms with Gasteiger partial charge in [-0.3, -0.25) is 9.36 Å². The summed E-state index contributed by atoms with van der Waals surface area (Å²) in [5.41, 5.74) is 2.44. The van der Waals surface area contributed by atoms with Gasteiger partial charge in [-0.1, -0.05) is 64.3 Å². The highest BCUT2D eigenvalue weighted by atomic mass is 35.5. The fraction of sp³-hybridized carbons (Fsp3) is 0.125. The van der Waals surface area contributed by atoms with Crippen LogP contribution in [0, 0.1) is 6.92 Å². The van der Waals surface area contributed by atoms with Crippen molar-refractivity contribution in [2.75, 3.05) is 11.1 Å². The number of halogens is 3. The molecule has 1 aromatic heterocycles. The van der Waals surface area contributed by atoms with Crippen LogP contribution in [-0.4, -0.2) is 26.4 Å². The smallest absolute Gasteiger partial charge is 0.234 e. The van der Waals surface area contributed by atoms with E-state index in [2.05, 4.69) is 15.5 Å². The number of nitrogens with one attached hydrogen (secondary N) is 1. The van der Waals surface area contributed by atoms with Gasteiger partial charge in [0, 0.05) is 15.7 Å². The molecule has 0 aliphatic heterocycles. The van der Waals surface area contributed by atoms with Crippen molar-refractivity contribution in [2.45, 2.75) is 18.7 Å².